The van der Waals surface area contributed by atoms with E-state index >= 15 is 0 Å². The first-order valence-electron chi connectivity index (χ1n) is 14.6. The molecule has 0 spiro atoms. The largest absolute Gasteiger partial charge is 0.489 e. The van der Waals surface area contributed by atoms with Crippen molar-refractivity contribution in [2.75, 3.05) is 19.6 Å². The summed E-state index contributed by atoms with van der Waals surface area (Å²) in [6, 6.07) is 28.0. The summed E-state index contributed by atoms with van der Waals surface area (Å²) in [5, 5.41) is 16.7. The number of amides is 2. The molecule has 0 unspecified atom stereocenters. The molecule has 2 atom stereocenters. The van der Waals surface area contributed by atoms with Gasteiger partial charge in [-0.15, -0.1) is 0 Å². The number of hydroxylamine groups is 1. The third-order valence-electron chi connectivity index (χ3n) is 8.67. The van der Waals surface area contributed by atoms with E-state index in [1.54, 1.807) is 5.48 Å². The van der Waals surface area contributed by atoms with E-state index in [0.717, 1.165) is 59.2 Å². The molecule has 2 amide bonds. The van der Waals surface area contributed by atoms with Crippen molar-refractivity contribution in [3.63, 3.8) is 0 Å². The summed E-state index contributed by atoms with van der Waals surface area (Å²) >= 11 is 0. The lowest BCUT2D eigenvalue weighted by molar-refractivity contribution is -0.135. The number of benzene rings is 3. The number of ether oxygens (including phenoxy) is 1. The minimum atomic E-state index is -0.855. The van der Waals surface area contributed by atoms with Gasteiger partial charge in [0.25, 0.3) is 0 Å². The predicted molar refractivity (Wildman–Crippen MR) is 161 cm³/mol. The highest BCUT2D eigenvalue weighted by Gasteiger charge is 2.63. The van der Waals surface area contributed by atoms with Crippen molar-refractivity contribution in [1.29, 1.82) is 0 Å². The van der Waals surface area contributed by atoms with Gasteiger partial charge in [0.15, 0.2) is 0 Å². The van der Waals surface area contributed by atoms with Crippen LogP contribution in [-0.4, -0.2) is 41.6 Å². The van der Waals surface area contributed by atoms with Crippen LogP contribution in [0, 0.1) is 17.3 Å². The number of aromatic nitrogens is 1. The first-order chi connectivity index (χ1) is 20.6. The minimum Gasteiger partial charge on any atom is -0.489 e. The molecule has 1 saturated heterocycles. The van der Waals surface area contributed by atoms with Gasteiger partial charge >= 0.3 is 0 Å². The highest BCUT2D eigenvalue weighted by Crippen LogP contribution is 2.55. The summed E-state index contributed by atoms with van der Waals surface area (Å²) in [4.78, 5) is 30.5. The minimum absolute atomic E-state index is 0.117. The van der Waals surface area contributed by atoms with E-state index in [1.165, 1.54) is 0 Å². The lowest BCUT2D eigenvalue weighted by Gasteiger charge is -2.24. The Hall–Kier alpha value is -4.27. The normalized spacial score (nSPS) is 20.2. The molecule has 42 heavy (non-hydrogen) atoms. The van der Waals surface area contributed by atoms with Crippen molar-refractivity contribution >= 4 is 22.7 Å². The van der Waals surface area contributed by atoms with Crippen molar-refractivity contribution in [3.8, 4) is 17.0 Å². The maximum absolute atomic E-state index is 13.4. The predicted octanol–water partition coefficient (Wildman–Crippen LogP) is 4.65. The van der Waals surface area contributed by atoms with Crippen molar-refractivity contribution in [1.82, 2.24) is 21.1 Å². The van der Waals surface area contributed by atoms with Crippen molar-refractivity contribution in [3.05, 3.63) is 96.1 Å². The van der Waals surface area contributed by atoms with Gasteiger partial charge in [-0.1, -0.05) is 60.7 Å². The average molecular weight is 565 g/mol. The van der Waals surface area contributed by atoms with Gasteiger partial charge in [-0.3, -0.25) is 14.8 Å². The average Bonchev–Trinajstić information content (AvgIpc) is 3.78. The number of para-hydroxylation sites is 1. The standard InChI is InChI=1S/C34H36N4O4/c39-32(38-41)29-20-34(29,33(40)36-21-24-14-16-35-17-15-24)19-23-10-12-27(13-11-23)42-22-26-18-31(25-6-2-1-3-7-25)37-30-9-5-4-8-28(26)30/h1-13,18,24,29,35,41H,14-17,19-22H2,(H,36,40)(H,38,39)/t29-,34+/m1/s1. The Balaban J connectivity index is 1.14. The van der Waals surface area contributed by atoms with Gasteiger partial charge < -0.3 is 15.4 Å². The van der Waals surface area contributed by atoms with Crippen LogP contribution in [0.3, 0.4) is 0 Å². The van der Waals surface area contributed by atoms with Gasteiger partial charge in [0.1, 0.15) is 12.4 Å². The third-order valence-corrected chi connectivity index (χ3v) is 8.67. The van der Waals surface area contributed by atoms with Crippen molar-refractivity contribution in [2.45, 2.75) is 32.3 Å². The zero-order valence-corrected chi connectivity index (χ0v) is 23.5. The van der Waals surface area contributed by atoms with Gasteiger partial charge in [0.05, 0.1) is 22.5 Å². The zero-order valence-electron chi connectivity index (χ0n) is 23.5. The van der Waals surface area contributed by atoms with Crippen LogP contribution in [0.15, 0.2) is 84.9 Å². The van der Waals surface area contributed by atoms with Crippen molar-refractivity contribution in [2.24, 2.45) is 17.3 Å². The zero-order chi connectivity index (χ0) is 28.9. The summed E-state index contributed by atoms with van der Waals surface area (Å²) in [6.45, 7) is 2.91. The molecule has 2 aliphatic rings. The van der Waals surface area contributed by atoms with E-state index in [4.69, 9.17) is 9.72 Å². The highest BCUT2D eigenvalue weighted by atomic mass is 16.5. The van der Waals surface area contributed by atoms with Gasteiger partial charge in [0.2, 0.25) is 11.8 Å². The number of hydrogen-bond acceptors (Lipinski definition) is 6. The van der Waals surface area contributed by atoms with E-state index < -0.39 is 17.2 Å². The number of hydrogen-bond donors (Lipinski definition) is 4. The van der Waals surface area contributed by atoms with Crippen LogP contribution in [0.2, 0.25) is 0 Å². The first-order valence-corrected chi connectivity index (χ1v) is 14.6. The number of piperidine rings is 1. The molecule has 4 N–H and O–H groups in total. The molecular weight excluding hydrogens is 528 g/mol. The number of carbonyl (C=O) groups is 2. The first kappa shape index (κ1) is 27.9. The second-order valence-corrected chi connectivity index (χ2v) is 11.5. The number of rotatable bonds is 10. The molecule has 8 nitrogen and oxygen atoms in total. The van der Waals surface area contributed by atoms with Crippen LogP contribution >= 0.6 is 0 Å². The number of fused-ring (bicyclic) bond motifs is 1. The number of pyridine rings is 1. The van der Waals surface area contributed by atoms with Gasteiger partial charge in [-0.25, -0.2) is 10.5 Å². The topological polar surface area (TPSA) is 113 Å². The quantitative estimate of drug-likeness (QED) is 0.165. The fraction of sp³-hybridized carbons (Fsp3) is 0.324. The Kier molecular flexibility index (Phi) is 8.17. The second-order valence-electron chi connectivity index (χ2n) is 11.5. The maximum Gasteiger partial charge on any atom is 0.247 e. The Morgan fingerprint density at radius 1 is 0.976 bits per heavy atom. The van der Waals surface area contributed by atoms with Crippen LogP contribution in [-0.2, 0) is 22.6 Å². The maximum atomic E-state index is 13.4. The molecule has 3 aromatic carbocycles. The molecular formula is C34H36N4O4. The van der Waals surface area contributed by atoms with Gasteiger partial charge in [-0.2, -0.15) is 0 Å². The monoisotopic (exact) mass is 564 g/mol. The molecule has 1 aliphatic heterocycles. The molecule has 2 heterocycles. The lowest BCUT2D eigenvalue weighted by atomic mass is 9.91. The summed E-state index contributed by atoms with van der Waals surface area (Å²) < 4.78 is 6.21. The van der Waals surface area contributed by atoms with Gasteiger partial charge in [-0.05, 0) is 74.5 Å². The van der Waals surface area contributed by atoms with Crippen molar-refractivity contribution < 1.29 is 19.5 Å². The Bertz CT molecular complexity index is 1550. The van der Waals surface area contributed by atoms with E-state index in [2.05, 4.69) is 34.9 Å². The summed E-state index contributed by atoms with van der Waals surface area (Å²) in [5.41, 5.74) is 5.74. The molecule has 1 saturated carbocycles. The molecule has 1 aliphatic carbocycles. The molecule has 1 aromatic heterocycles. The Morgan fingerprint density at radius 2 is 1.71 bits per heavy atom. The van der Waals surface area contributed by atoms with Crippen LogP contribution in [0.1, 0.15) is 30.4 Å². The molecule has 8 heteroatoms. The molecule has 6 rings (SSSR count). The fourth-order valence-corrected chi connectivity index (χ4v) is 6.10. The summed E-state index contributed by atoms with van der Waals surface area (Å²) in [6.07, 6.45) is 2.88. The number of carbonyl (C=O) groups excluding carboxylic acids is 2. The number of nitrogens with one attached hydrogen (secondary N) is 3. The van der Waals surface area contributed by atoms with Gasteiger partial charge in [0, 0.05) is 23.1 Å². The molecule has 4 aromatic rings. The molecule has 0 radical (unpaired) electrons. The Labute approximate surface area is 245 Å². The van der Waals surface area contributed by atoms with Crippen LogP contribution in [0.4, 0.5) is 0 Å². The summed E-state index contributed by atoms with van der Waals surface area (Å²) in [7, 11) is 0. The Morgan fingerprint density at radius 3 is 2.48 bits per heavy atom. The van der Waals surface area contributed by atoms with Crippen LogP contribution in [0.5, 0.6) is 5.75 Å². The molecule has 216 valence electrons. The van der Waals surface area contributed by atoms with E-state index in [9.17, 15) is 14.8 Å². The summed E-state index contributed by atoms with van der Waals surface area (Å²) in [5.74, 6) is -0.0232. The molecule has 2 fully saturated rings. The fourth-order valence-electron chi connectivity index (χ4n) is 6.10. The lowest BCUT2D eigenvalue weighted by Crippen LogP contribution is -2.41. The SMILES string of the molecule is O=C(NO)[C@H]1C[C@]1(Cc1ccc(OCc2cc(-c3ccccc3)nc3ccccc23)cc1)C(=O)NCC1CCNCC1. The molecule has 0 bridgehead atoms. The van der Waals surface area contributed by atoms with Crippen LogP contribution < -0.4 is 20.9 Å². The number of nitrogens with zero attached hydrogens (tertiary/aromatic N) is 1. The van der Waals surface area contributed by atoms with E-state index in [0.29, 0.717) is 37.7 Å². The smallest absolute Gasteiger partial charge is 0.247 e. The second kappa shape index (κ2) is 12.3. The van der Waals surface area contributed by atoms with E-state index in [1.807, 2.05) is 60.7 Å². The van der Waals surface area contributed by atoms with Crippen LogP contribution in [0.25, 0.3) is 22.2 Å². The highest BCUT2D eigenvalue weighted by molar-refractivity contribution is 5.95. The third kappa shape index (κ3) is 6.00. The van der Waals surface area contributed by atoms with E-state index in [-0.39, 0.29) is 5.91 Å².